The number of aromatic nitrogens is 1. The van der Waals surface area contributed by atoms with Crippen LogP contribution in [-0.2, 0) is 0 Å². The lowest BCUT2D eigenvalue weighted by Crippen LogP contribution is -2.44. The van der Waals surface area contributed by atoms with Gasteiger partial charge in [-0.05, 0) is 31.5 Å². The molecule has 0 saturated heterocycles. The van der Waals surface area contributed by atoms with E-state index in [1.165, 1.54) is 0 Å². The molecule has 0 fully saturated rings. The number of rotatable bonds is 3. The molecule has 0 aliphatic carbocycles. The highest BCUT2D eigenvalue weighted by molar-refractivity contribution is 6.06. The molecule has 0 bridgehead atoms. The van der Waals surface area contributed by atoms with Gasteiger partial charge in [-0.15, -0.1) is 0 Å². The third-order valence-corrected chi connectivity index (χ3v) is 3.23. The zero-order valence-corrected chi connectivity index (χ0v) is 11.0. The van der Waals surface area contributed by atoms with Gasteiger partial charge in [-0.3, -0.25) is 9.78 Å². The average molecular weight is 253 g/mol. The summed E-state index contributed by atoms with van der Waals surface area (Å²) in [5.41, 5.74) is 0.465. The zero-order chi connectivity index (χ0) is 13.9. The van der Waals surface area contributed by atoms with Crippen molar-refractivity contribution in [1.82, 2.24) is 10.3 Å². The summed E-state index contributed by atoms with van der Waals surface area (Å²) < 4.78 is 0. The minimum Gasteiger partial charge on any atom is -0.334 e. The summed E-state index contributed by atoms with van der Waals surface area (Å²) >= 11 is 0. The van der Waals surface area contributed by atoms with E-state index < -0.39 is 5.54 Å². The molecule has 1 atom stereocenters. The molecule has 1 amide bonds. The molecule has 0 saturated carbocycles. The molecule has 4 heteroatoms. The van der Waals surface area contributed by atoms with E-state index in [1.807, 2.05) is 19.1 Å². The fourth-order valence-electron chi connectivity index (χ4n) is 1.81. The van der Waals surface area contributed by atoms with Crippen LogP contribution in [0.15, 0.2) is 36.5 Å². The molecule has 1 aromatic heterocycles. The highest BCUT2D eigenvalue weighted by Gasteiger charge is 2.24. The normalized spacial score (nSPS) is 13.5. The van der Waals surface area contributed by atoms with E-state index in [0.29, 0.717) is 12.0 Å². The number of hydrogen-bond acceptors (Lipinski definition) is 3. The summed E-state index contributed by atoms with van der Waals surface area (Å²) in [6.45, 7) is 3.59. The molecule has 4 nitrogen and oxygen atoms in total. The molecule has 0 aliphatic rings. The molecule has 19 heavy (non-hydrogen) atoms. The number of pyridine rings is 1. The number of benzene rings is 1. The smallest absolute Gasteiger partial charge is 0.253 e. The van der Waals surface area contributed by atoms with Gasteiger partial charge in [0, 0.05) is 17.1 Å². The van der Waals surface area contributed by atoms with Crippen LogP contribution >= 0.6 is 0 Å². The van der Waals surface area contributed by atoms with Crippen molar-refractivity contribution in [2.75, 3.05) is 0 Å². The van der Waals surface area contributed by atoms with Gasteiger partial charge in [-0.25, -0.2) is 0 Å². The Labute approximate surface area is 112 Å². The predicted octanol–water partition coefficient (Wildman–Crippen LogP) is 2.66. The molecular formula is C15H15N3O. The number of nitrogens with one attached hydrogen (secondary N) is 1. The minimum atomic E-state index is -0.846. The fraction of sp³-hybridized carbons (Fsp3) is 0.267. The van der Waals surface area contributed by atoms with Gasteiger partial charge in [0.2, 0.25) is 0 Å². The van der Waals surface area contributed by atoms with Gasteiger partial charge in [0.05, 0.1) is 11.6 Å². The maximum absolute atomic E-state index is 12.3. The predicted molar refractivity (Wildman–Crippen MR) is 73.5 cm³/mol. The van der Waals surface area contributed by atoms with Crippen LogP contribution in [0.3, 0.4) is 0 Å². The van der Waals surface area contributed by atoms with E-state index in [1.54, 1.807) is 31.3 Å². The first kappa shape index (κ1) is 13.0. The second-order valence-electron chi connectivity index (χ2n) is 4.63. The third kappa shape index (κ3) is 2.55. The van der Waals surface area contributed by atoms with E-state index in [2.05, 4.69) is 16.4 Å². The van der Waals surface area contributed by atoms with Gasteiger partial charge in [0.15, 0.2) is 0 Å². The van der Waals surface area contributed by atoms with Gasteiger partial charge in [0.25, 0.3) is 5.91 Å². The molecule has 0 radical (unpaired) electrons. The van der Waals surface area contributed by atoms with Crippen molar-refractivity contribution >= 4 is 16.8 Å². The van der Waals surface area contributed by atoms with E-state index in [-0.39, 0.29) is 5.91 Å². The Kier molecular flexibility index (Phi) is 3.48. The maximum Gasteiger partial charge on any atom is 0.253 e. The van der Waals surface area contributed by atoms with E-state index in [0.717, 1.165) is 10.9 Å². The average Bonchev–Trinajstić information content (AvgIpc) is 2.46. The molecule has 1 N–H and O–H groups in total. The SMILES string of the molecule is CCC(C)(C#N)NC(=O)c1cccc2ncccc12. The Morgan fingerprint density at radius 1 is 1.42 bits per heavy atom. The van der Waals surface area contributed by atoms with E-state index >= 15 is 0 Å². The molecule has 96 valence electrons. The van der Waals surface area contributed by atoms with Gasteiger partial charge in [-0.1, -0.05) is 19.1 Å². The number of carbonyl (C=O) groups is 1. The van der Waals surface area contributed by atoms with Crippen LogP contribution in [0.5, 0.6) is 0 Å². The van der Waals surface area contributed by atoms with Crippen molar-refractivity contribution < 1.29 is 4.79 Å². The lowest BCUT2D eigenvalue weighted by Gasteiger charge is -2.21. The number of nitrogens with zero attached hydrogens (tertiary/aromatic N) is 2. The lowest BCUT2D eigenvalue weighted by molar-refractivity contribution is 0.0924. The highest BCUT2D eigenvalue weighted by Crippen LogP contribution is 2.17. The van der Waals surface area contributed by atoms with Gasteiger partial charge in [0.1, 0.15) is 5.54 Å². The van der Waals surface area contributed by atoms with Crippen molar-refractivity contribution in [2.45, 2.75) is 25.8 Å². The van der Waals surface area contributed by atoms with Gasteiger partial charge in [-0.2, -0.15) is 5.26 Å². The molecule has 2 rings (SSSR count). The summed E-state index contributed by atoms with van der Waals surface area (Å²) in [4.78, 5) is 16.5. The van der Waals surface area contributed by atoms with Crippen molar-refractivity contribution in [3.05, 3.63) is 42.1 Å². The van der Waals surface area contributed by atoms with Crippen LogP contribution in [0.1, 0.15) is 30.6 Å². The summed E-state index contributed by atoms with van der Waals surface area (Å²) in [6, 6.07) is 11.2. The number of fused-ring (bicyclic) bond motifs is 1. The number of carbonyl (C=O) groups excluding carboxylic acids is 1. The molecule has 1 heterocycles. The third-order valence-electron chi connectivity index (χ3n) is 3.23. The lowest BCUT2D eigenvalue weighted by atomic mass is 9.99. The van der Waals surface area contributed by atoms with Crippen molar-refractivity contribution in [2.24, 2.45) is 0 Å². The van der Waals surface area contributed by atoms with Crippen LogP contribution in [0, 0.1) is 11.3 Å². The summed E-state index contributed by atoms with van der Waals surface area (Å²) in [6.07, 6.45) is 2.24. The zero-order valence-electron chi connectivity index (χ0n) is 11.0. The van der Waals surface area contributed by atoms with Crippen LogP contribution in [0.4, 0.5) is 0 Å². The number of amides is 1. The fourth-order valence-corrected chi connectivity index (χ4v) is 1.81. The maximum atomic E-state index is 12.3. The van der Waals surface area contributed by atoms with Crippen molar-refractivity contribution in [3.8, 4) is 6.07 Å². The molecule has 0 aliphatic heterocycles. The molecule has 1 aromatic carbocycles. The van der Waals surface area contributed by atoms with Gasteiger partial charge >= 0.3 is 0 Å². The number of hydrogen-bond donors (Lipinski definition) is 1. The highest BCUT2D eigenvalue weighted by atomic mass is 16.1. The summed E-state index contributed by atoms with van der Waals surface area (Å²) in [7, 11) is 0. The summed E-state index contributed by atoms with van der Waals surface area (Å²) in [5, 5.41) is 12.7. The van der Waals surface area contributed by atoms with Crippen LogP contribution in [0.2, 0.25) is 0 Å². The van der Waals surface area contributed by atoms with Crippen LogP contribution in [0.25, 0.3) is 10.9 Å². The van der Waals surface area contributed by atoms with Crippen molar-refractivity contribution in [3.63, 3.8) is 0 Å². The topological polar surface area (TPSA) is 65.8 Å². The Morgan fingerprint density at radius 3 is 2.89 bits per heavy atom. The first-order valence-corrected chi connectivity index (χ1v) is 6.17. The minimum absolute atomic E-state index is 0.246. The quantitative estimate of drug-likeness (QED) is 0.914. The molecular weight excluding hydrogens is 238 g/mol. The van der Waals surface area contributed by atoms with E-state index in [9.17, 15) is 4.79 Å². The van der Waals surface area contributed by atoms with Crippen molar-refractivity contribution in [1.29, 1.82) is 5.26 Å². The summed E-state index contributed by atoms with van der Waals surface area (Å²) in [5.74, 6) is -0.246. The Balaban J connectivity index is 2.40. The second kappa shape index (κ2) is 5.07. The standard InChI is InChI=1S/C15H15N3O/c1-3-15(2,10-16)18-14(19)12-6-4-8-13-11(12)7-5-9-17-13/h4-9H,3H2,1-2H3,(H,18,19). The Bertz CT molecular complexity index is 654. The van der Waals surface area contributed by atoms with Gasteiger partial charge < -0.3 is 5.32 Å². The monoisotopic (exact) mass is 253 g/mol. The Morgan fingerprint density at radius 2 is 2.21 bits per heavy atom. The second-order valence-corrected chi connectivity index (χ2v) is 4.63. The van der Waals surface area contributed by atoms with E-state index in [4.69, 9.17) is 5.26 Å². The van der Waals surface area contributed by atoms with Crippen LogP contribution < -0.4 is 5.32 Å². The molecule has 2 aromatic rings. The molecule has 1 unspecified atom stereocenters. The van der Waals surface area contributed by atoms with Crippen LogP contribution in [-0.4, -0.2) is 16.4 Å². The molecule has 0 spiro atoms. The number of nitriles is 1. The Hall–Kier alpha value is -2.41. The first-order valence-electron chi connectivity index (χ1n) is 6.17. The largest absolute Gasteiger partial charge is 0.334 e. The first-order chi connectivity index (χ1) is 9.09.